The Hall–Kier alpha value is -5.74. The first-order valence-corrected chi connectivity index (χ1v) is 15.9. The molecule has 4 heteroatoms. The van der Waals surface area contributed by atoms with Crippen molar-refractivity contribution in [1.82, 2.24) is 19.1 Å². The van der Waals surface area contributed by atoms with Crippen molar-refractivity contribution < 1.29 is 0 Å². The first-order valence-electron chi connectivity index (χ1n) is 15.9. The van der Waals surface area contributed by atoms with E-state index in [0.29, 0.717) is 6.04 Å². The first-order chi connectivity index (χ1) is 22.7. The predicted molar refractivity (Wildman–Crippen MR) is 192 cm³/mol. The van der Waals surface area contributed by atoms with Crippen LogP contribution >= 0.6 is 0 Å². The topological polar surface area (TPSA) is 35.6 Å². The number of hydrogen-bond acceptors (Lipinski definition) is 2. The highest BCUT2D eigenvalue weighted by atomic mass is 15.0. The molecular weight excluding hydrogens is 560 g/mol. The van der Waals surface area contributed by atoms with Crippen molar-refractivity contribution in [3.8, 4) is 27.9 Å². The molecular formula is C42H32N4. The van der Waals surface area contributed by atoms with Gasteiger partial charge in [-0.05, 0) is 102 Å². The molecule has 0 saturated carbocycles. The van der Waals surface area contributed by atoms with Gasteiger partial charge in [0.1, 0.15) is 0 Å². The Morgan fingerprint density at radius 2 is 1.17 bits per heavy atom. The van der Waals surface area contributed by atoms with Gasteiger partial charge in [-0.3, -0.25) is 9.97 Å². The van der Waals surface area contributed by atoms with Crippen LogP contribution in [0.4, 0.5) is 0 Å². The molecule has 4 heterocycles. The van der Waals surface area contributed by atoms with Gasteiger partial charge < -0.3 is 9.13 Å². The zero-order chi connectivity index (χ0) is 30.8. The van der Waals surface area contributed by atoms with Crippen LogP contribution in [0.25, 0.3) is 71.6 Å². The summed E-state index contributed by atoms with van der Waals surface area (Å²) in [7, 11) is 0. The SMILES string of the molecule is Cc1cc(-c2ccc3c(c2)c2cnccc2n3C2C=CC=CC2)c(C)cc1-c1ccc2c(c1)c1cnccc1n2-c1ccccc1. The van der Waals surface area contributed by atoms with E-state index in [1.54, 1.807) is 0 Å². The minimum Gasteiger partial charge on any atom is -0.333 e. The van der Waals surface area contributed by atoms with E-state index in [9.17, 15) is 0 Å². The lowest BCUT2D eigenvalue weighted by Gasteiger charge is -2.18. The quantitative estimate of drug-likeness (QED) is 0.204. The molecule has 0 fully saturated rings. The van der Waals surface area contributed by atoms with E-state index in [-0.39, 0.29) is 0 Å². The van der Waals surface area contributed by atoms with Gasteiger partial charge in [-0.2, -0.15) is 0 Å². The van der Waals surface area contributed by atoms with Gasteiger partial charge in [-0.15, -0.1) is 0 Å². The molecule has 4 nitrogen and oxygen atoms in total. The number of pyridine rings is 2. The molecule has 1 aliphatic rings. The standard InChI is InChI=1S/C42H32N4/c1-27-21-34(30-14-16-40-36(24-30)38-26-44-20-18-42(38)46(40)32-11-7-4-8-12-32)28(2)22-33(27)29-13-15-39-35(23-29)37-25-43-19-17-41(37)45(39)31-9-5-3-6-10-31/h3-11,13-26,32H,12H2,1-2H3. The van der Waals surface area contributed by atoms with E-state index in [2.05, 4.69) is 148 Å². The van der Waals surface area contributed by atoms with Crippen LogP contribution in [-0.2, 0) is 0 Å². The Morgan fingerprint density at radius 3 is 1.85 bits per heavy atom. The second-order valence-electron chi connectivity index (χ2n) is 12.4. The molecule has 1 aliphatic carbocycles. The van der Waals surface area contributed by atoms with E-state index in [4.69, 9.17) is 0 Å². The fourth-order valence-electron chi connectivity index (χ4n) is 7.51. The largest absolute Gasteiger partial charge is 0.333 e. The molecule has 220 valence electrons. The molecule has 8 aromatic rings. The summed E-state index contributed by atoms with van der Waals surface area (Å²) in [5.41, 5.74) is 13.5. The zero-order valence-electron chi connectivity index (χ0n) is 25.9. The van der Waals surface area contributed by atoms with Crippen LogP contribution in [0.3, 0.4) is 0 Å². The van der Waals surface area contributed by atoms with Crippen molar-refractivity contribution in [3.05, 3.63) is 151 Å². The highest BCUT2D eigenvalue weighted by Crippen LogP contribution is 2.40. The molecule has 4 aromatic carbocycles. The number of nitrogens with zero attached hydrogens (tertiary/aromatic N) is 4. The molecule has 0 spiro atoms. The number of rotatable bonds is 4. The summed E-state index contributed by atoms with van der Waals surface area (Å²) in [6, 6.07) is 33.6. The Kier molecular flexibility index (Phi) is 6.04. The minimum absolute atomic E-state index is 0.302. The van der Waals surface area contributed by atoms with E-state index in [0.717, 1.165) is 17.5 Å². The summed E-state index contributed by atoms with van der Waals surface area (Å²) in [5.74, 6) is 0. The maximum absolute atomic E-state index is 4.51. The third kappa shape index (κ3) is 4.07. The Labute approximate surface area is 267 Å². The number of hydrogen-bond donors (Lipinski definition) is 0. The monoisotopic (exact) mass is 592 g/mol. The van der Waals surface area contributed by atoms with Gasteiger partial charge in [0.2, 0.25) is 0 Å². The summed E-state index contributed by atoms with van der Waals surface area (Å²) in [4.78, 5) is 9.00. The maximum atomic E-state index is 4.51. The fraction of sp³-hybridized carbons (Fsp3) is 0.0952. The third-order valence-corrected chi connectivity index (χ3v) is 9.67. The maximum Gasteiger partial charge on any atom is 0.0571 e. The summed E-state index contributed by atoms with van der Waals surface area (Å²) < 4.78 is 4.80. The predicted octanol–water partition coefficient (Wildman–Crippen LogP) is 10.7. The van der Waals surface area contributed by atoms with E-state index in [1.807, 2.05) is 24.8 Å². The van der Waals surface area contributed by atoms with Crippen molar-refractivity contribution in [3.63, 3.8) is 0 Å². The smallest absolute Gasteiger partial charge is 0.0571 e. The third-order valence-electron chi connectivity index (χ3n) is 9.67. The summed E-state index contributed by atoms with van der Waals surface area (Å²) in [5, 5.41) is 4.82. The normalized spacial score (nSPS) is 14.7. The molecule has 9 rings (SSSR count). The van der Waals surface area contributed by atoms with Gasteiger partial charge in [0.05, 0.1) is 22.6 Å². The van der Waals surface area contributed by atoms with Gasteiger partial charge >= 0.3 is 0 Å². The summed E-state index contributed by atoms with van der Waals surface area (Å²) in [6.07, 6.45) is 17.6. The zero-order valence-corrected chi connectivity index (χ0v) is 25.9. The van der Waals surface area contributed by atoms with Crippen molar-refractivity contribution in [2.45, 2.75) is 26.3 Å². The van der Waals surface area contributed by atoms with E-state index in [1.165, 1.54) is 71.6 Å². The summed E-state index contributed by atoms with van der Waals surface area (Å²) in [6.45, 7) is 4.46. The molecule has 1 atom stereocenters. The van der Waals surface area contributed by atoms with Crippen molar-refractivity contribution in [1.29, 1.82) is 0 Å². The highest BCUT2D eigenvalue weighted by Gasteiger charge is 2.19. The van der Waals surface area contributed by atoms with E-state index >= 15 is 0 Å². The number of aromatic nitrogens is 4. The molecule has 0 saturated heterocycles. The molecule has 0 radical (unpaired) electrons. The number of fused-ring (bicyclic) bond motifs is 6. The van der Waals surface area contributed by atoms with Crippen molar-refractivity contribution in [2.24, 2.45) is 0 Å². The highest BCUT2D eigenvalue weighted by molar-refractivity contribution is 6.11. The van der Waals surface area contributed by atoms with Crippen LogP contribution in [0.15, 0.2) is 140 Å². The molecule has 46 heavy (non-hydrogen) atoms. The number of para-hydroxylation sites is 1. The molecule has 0 aliphatic heterocycles. The van der Waals surface area contributed by atoms with Crippen LogP contribution in [0.5, 0.6) is 0 Å². The fourth-order valence-corrected chi connectivity index (χ4v) is 7.51. The lowest BCUT2D eigenvalue weighted by atomic mass is 9.91. The molecule has 0 N–H and O–H groups in total. The second-order valence-corrected chi connectivity index (χ2v) is 12.4. The molecule has 0 amide bonds. The Bertz CT molecular complexity index is 2530. The van der Waals surface area contributed by atoms with Crippen LogP contribution in [0, 0.1) is 13.8 Å². The van der Waals surface area contributed by atoms with Gasteiger partial charge in [-0.1, -0.05) is 66.8 Å². The lowest BCUT2D eigenvalue weighted by Crippen LogP contribution is -2.06. The van der Waals surface area contributed by atoms with Crippen LogP contribution in [0.1, 0.15) is 23.6 Å². The lowest BCUT2D eigenvalue weighted by molar-refractivity contribution is 0.648. The number of aryl methyl sites for hydroxylation is 2. The second kappa shape index (κ2) is 10.4. The van der Waals surface area contributed by atoms with E-state index < -0.39 is 0 Å². The average Bonchev–Trinajstić information content (AvgIpc) is 3.62. The molecule has 0 bridgehead atoms. The minimum atomic E-state index is 0.302. The Balaban J connectivity index is 1.16. The summed E-state index contributed by atoms with van der Waals surface area (Å²) >= 11 is 0. The van der Waals surface area contributed by atoms with Gasteiger partial charge in [-0.25, -0.2) is 0 Å². The number of allylic oxidation sites excluding steroid dienone is 4. The van der Waals surface area contributed by atoms with Crippen LogP contribution in [-0.4, -0.2) is 19.1 Å². The molecule has 4 aromatic heterocycles. The number of benzene rings is 4. The molecule has 1 unspecified atom stereocenters. The van der Waals surface area contributed by atoms with Crippen molar-refractivity contribution >= 4 is 43.6 Å². The van der Waals surface area contributed by atoms with Crippen LogP contribution in [0.2, 0.25) is 0 Å². The average molecular weight is 593 g/mol. The van der Waals surface area contributed by atoms with Crippen molar-refractivity contribution in [2.75, 3.05) is 0 Å². The van der Waals surface area contributed by atoms with Gasteiger partial charge in [0.25, 0.3) is 0 Å². The van der Waals surface area contributed by atoms with Gasteiger partial charge in [0, 0.05) is 57.5 Å². The van der Waals surface area contributed by atoms with Gasteiger partial charge in [0.15, 0.2) is 0 Å². The van der Waals surface area contributed by atoms with Crippen LogP contribution < -0.4 is 0 Å². The Morgan fingerprint density at radius 1 is 0.587 bits per heavy atom. The first kappa shape index (κ1) is 26.6.